The van der Waals surface area contributed by atoms with E-state index in [0.29, 0.717) is 6.04 Å². The quantitative estimate of drug-likeness (QED) is 0.844. The standard InChI is InChI=1S/C20H27N3O3/c1-21-9-3-6-18(21)19(24)23-10-7-20(8-11-23)13-16(15-26-20)22(2)14-17-5-4-12-25-17/h3-6,9,12,16H,7-8,10-11,13-15H2,1-2H3/t16-/m0/s1. The number of likely N-dealkylation sites (tertiary alicyclic amines) is 1. The summed E-state index contributed by atoms with van der Waals surface area (Å²) in [4.78, 5) is 17.0. The number of carbonyl (C=O) groups excluding carboxylic acids is 1. The molecule has 2 saturated heterocycles. The van der Waals surface area contributed by atoms with Gasteiger partial charge in [-0.1, -0.05) is 0 Å². The Kier molecular flexibility index (Phi) is 4.63. The van der Waals surface area contributed by atoms with Crippen LogP contribution in [-0.4, -0.2) is 58.7 Å². The average molecular weight is 357 g/mol. The molecule has 0 aromatic carbocycles. The number of piperidine rings is 1. The second-order valence-electron chi connectivity index (χ2n) is 7.64. The molecule has 0 bridgehead atoms. The highest BCUT2D eigenvalue weighted by Crippen LogP contribution is 2.38. The minimum absolute atomic E-state index is 0.0763. The lowest BCUT2D eigenvalue weighted by Gasteiger charge is -2.39. The van der Waals surface area contributed by atoms with Crippen molar-refractivity contribution in [3.8, 4) is 0 Å². The highest BCUT2D eigenvalue weighted by Gasteiger charge is 2.44. The van der Waals surface area contributed by atoms with Crippen LogP contribution in [0.2, 0.25) is 0 Å². The van der Waals surface area contributed by atoms with Crippen LogP contribution in [0.15, 0.2) is 41.1 Å². The highest BCUT2D eigenvalue weighted by molar-refractivity contribution is 5.92. The van der Waals surface area contributed by atoms with Gasteiger partial charge in [-0.05, 0) is 50.6 Å². The predicted octanol–water partition coefficient (Wildman–Crippen LogP) is 2.51. The van der Waals surface area contributed by atoms with E-state index < -0.39 is 0 Å². The number of likely N-dealkylation sites (N-methyl/N-ethyl adjacent to an activating group) is 1. The summed E-state index contributed by atoms with van der Waals surface area (Å²) in [5.74, 6) is 1.10. The molecule has 0 unspecified atom stereocenters. The number of hydrogen-bond acceptors (Lipinski definition) is 4. The Bertz CT molecular complexity index is 744. The van der Waals surface area contributed by atoms with Gasteiger partial charge in [-0.15, -0.1) is 0 Å². The van der Waals surface area contributed by atoms with Crippen molar-refractivity contribution in [2.45, 2.75) is 37.5 Å². The Morgan fingerprint density at radius 1 is 1.31 bits per heavy atom. The van der Waals surface area contributed by atoms with Crippen molar-refractivity contribution in [3.05, 3.63) is 48.2 Å². The summed E-state index contributed by atoms with van der Waals surface area (Å²) in [6, 6.07) is 8.14. The molecular formula is C20H27N3O3. The number of amides is 1. The second-order valence-corrected chi connectivity index (χ2v) is 7.64. The van der Waals surface area contributed by atoms with Gasteiger partial charge >= 0.3 is 0 Å². The van der Waals surface area contributed by atoms with Gasteiger partial charge in [0.1, 0.15) is 11.5 Å². The maximum atomic E-state index is 12.7. The van der Waals surface area contributed by atoms with Gasteiger partial charge in [0.25, 0.3) is 5.91 Å². The maximum Gasteiger partial charge on any atom is 0.270 e. The van der Waals surface area contributed by atoms with Crippen LogP contribution in [0.1, 0.15) is 35.5 Å². The molecule has 1 atom stereocenters. The second kappa shape index (κ2) is 6.93. The Morgan fingerprint density at radius 2 is 2.12 bits per heavy atom. The molecule has 2 aliphatic heterocycles. The predicted molar refractivity (Wildman–Crippen MR) is 97.8 cm³/mol. The van der Waals surface area contributed by atoms with Crippen LogP contribution in [0.4, 0.5) is 0 Å². The van der Waals surface area contributed by atoms with Gasteiger partial charge in [0, 0.05) is 32.4 Å². The molecule has 2 aromatic heterocycles. The van der Waals surface area contributed by atoms with E-state index in [1.54, 1.807) is 6.26 Å². The molecule has 6 heteroatoms. The lowest BCUT2D eigenvalue weighted by atomic mass is 9.87. The molecule has 26 heavy (non-hydrogen) atoms. The van der Waals surface area contributed by atoms with Crippen molar-refractivity contribution < 1.29 is 13.9 Å². The zero-order valence-corrected chi connectivity index (χ0v) is 15.6. The first kappa shape index (κ1) is 17.4. The van der Waals surface area contributed by atoms with E-state index in [9.17, 15) is 4.79 Å². The fourth-order valence-corrected chi connectivity index (χ4v) is 4.19. The SMILES string of the molecule is CN(Cc1ccco1)[C@@H]1COC2(CCN(C(=O)c3cccn3C)CC2)C1. The molecule has 2 aromatic rings. The van der Waals surface area contributed by atoms with Crippen molar-refractivity contribution in [1.29, 1.82) is 0 Å². The van der Waals surface area contributed by atoms with E-state index in [1.165, 1.54) is 0 Å². The fourth-order valence-electron chi connectivity index (χ4n) is 4.19. The van der Waals surface area contributed by atoms with Crippen LogP contribution in [0.3, 0.4) is 0 Å². The first-order chi connectivity index (χ1) is 12.6. The fraction of sp³-hybridized carbons (Fsp3) is 0.550. The summed E-state index contributed by atoms with van der Waals surface area (Å²) in [5, 5.41) is 0. The van der Waals surface area contributed by atoms with Crippen LogP contribution in [-0.2, 0) is 18.3 Å². The number of ether oxygens (including phenoxy) is 1. The number of carbonyl (C=O) groups is 1. The minimum atomic E-state index is -0.0763. The van der Waals surface area contributed by atoms with E-state index in [2.05, 4.69) is 11.9 Å². The van der Waals surface area contributed by atoms with Gasteiger partial charge in [0.15, 0.2) is 0 Å². The van der Waals surface area contributed by atoms with Gasteiger partial charge in [0.2, 0.25) is 0 Å². The Hall–Kier alpha value is -2.05. The Labute approximate surface area is 154 Å². The van der Waals surface area contributed by atoms with Crippen LogP contribution in [0.25, 0.3) is 0 Å². The Balaban J connectivity index is 1.33. The van der Waals surface area contributed by atoms with Gasteiger partial charge in [-0.2, -0.15) is 0 Å². The molecule has 1 amide bonds. The summed E-state index contributed by atoms with van der Waals surface area (Å²) in [5.41, 5.74) is 0.678. The van der Waals surface area contributed by atoms with E-state index in [-0.39, 0.29) is 11.5 Å². The molecule has 0 aliphatic carbocycles. The molecular weight excluding hydrogens is 330 g/mol. The molecule has 6 nitrogen and oxygen atoms in total. The summed E-state index contributed by atoms with van der Waals surface area (Å²) in [7, 11) is 4.04. The van der Waals surface area contributed by atoms with E-state index in [0.717, 1.165) is 57.0 Å². The average Bonchev–Trinajstić information content (AvgIpc) is 3.37. The van der Waals surface area contributed by atoms with Crippen molar-refractivity contribution in [3.63, 3.8) is 0 Å². The van der Waals surface area contributed by atoms with E-state index in [1.807, 2.05) is 47.0 Å². The number of nitrogens with zero attached hydrogens (tertiary/aromatic N) is 3. The minimum Gasteiger partial charge on any atom is -0.468 e. The van der Waals surface area contributed by atoms with Crippen LogP contribution in [0.5, 0.6) is 0 Å². The van der Waals surface area contributed by atoms with Crippen LogP contribution < -0.4 is 0 Å². The molecule has 4 heterocycles. The topological polar surface area (TPSA) is 50.9 Å². The van der Waals surface area contributed by atoms with Gasteiger partial charge < -0.3 is 18.6 Å². The lowest BCUT2D eigenvalue weighted by molar-refractivity contribution is -0.0394. The highest BCUT2D eigenvalue weighted by atomic mass is 16.5. The third-order valence-corrected chi connectivity index (χ3v) is 5.92. The first-order valence-corrected chi connectivity index (χ1v) is 9.33. The maximum absolute atomic E-state index is 12.7. The Morgan fingerprint density at radius 3 is 2.77 bits per heavy atom. The molecule has 1 spiro atoms. The van der Waals surface area contributed by atoms with Crippen molar-refractivity contribution >= 4 is 5.91 Å². The normalized spacial score (nSPS) is 22.4. The summed E-state index contributed by atoms with van der Waals surface area (Å²) in [6.07, 6.45) is 6.48. The zero-order chi connectivity index (χ0) is 18.1. The largest absolute Gasteiger partial charge is 0.468 e. The summed E-state index contributed by atoms with van der Waals surface area (Å²) < 4.78 is 13.6. The number of rotatable bonds is 4. The molecule has 0 radical (unpaired) electrons. The third kappa shape index (κ3) is 3.31. The van der Waals surface area contributed by atoms with E-state index in [4.69, 9.17) is 9.15 Å². The molecule has 0 saturated carbocycles. The molecule has 2 aliphatic rings. The van der Waals surface area contributed by atoms with Gasteiger partial charge in [-0.3, -0.25) is 9.69 Å². The number of hydrogen-bond donors (Lipinski definition) is 0. The number of aromatic nitrogens is 1. The molecule has 140 valence electrons. The summed E-state index contributed by atoms with van der Waals surface area (Å²) in [6.45, 7) is 3.08. The number of furan rings is 1. The molecule has 0 N–H and O–H groups in total. The third-order valence-electron chi connectivity index (χ3n) is 5.92. The molecule has 4 rings (SSSR count). The van der Waals surface area contributed by atoms with Crippen LogP contribution in [0, 0.1) is 0 Å². The van der Waals surface area contributed by atoms with Crippen molar-refractivity contribution in [2.75, 3.05) is 26.7 Å². The van der Waals surface area contributed by atoms with Crippen molar-refractivity contribution in [2.24, 2.45) is 7.05 Å². The zero-order valence-electron chi connectivity index (χ0n) is 15.6. The lowest BCUT2D eigenvalue weighted by Crippen LogP contribution is -2.47. The summed E-state index contributed by atoms with van der Waals surface area (Å²) >= 11 is 0. The smallest absolute Gasteiger partial charge is 0.270 e. The number of aryl methyl sites for hydroxylation is 1. The van der Waals surface area contributed by atoms with Gasteiger partial charge in [-0.25, -0.2) is 0 Å². The molecule has 2 fully saturated rings. The monoisotopic (exact) mass is 357 g/mol. The van der Waals surface area contributed by atoms with Gasteiger partial charge in [0.05, 0.1) is 25.0 Å². The van der Waals surface area contributed by atoms with Crippen molar-refractivity contribution in [1.82, 2.24) is 14.4 Å². The van der Waals surface area contributed by atoms with Crippen LogP contribution >= 0.6 is 0 Å². The first-order valence-electron chi connectivity index (χ1n) is 9.33. The van der Waals surface area contributed by atoms with E-state index >= 15 is 0 Å².